The van der Waals surface area contributed by atoms with Gasteiger partial charge in [0.1, 0.15) is 0 Å². The molecule has 2 aromatic rings. The lowest BCUT2D eigenvalue weighted by molar-refractivity contribution is 0.374. The number of halogens is 1. The van der Waals surface area contributed by atoms with Gasteiger partial charge in [0.15, 0.2) is 0 Å². The highest BCUT2D eigenvalue weighted by atomic mass is 35.5. The fourth-order valence-electron chi connectivity index (χ4n) is 1.74. The Balaban J connectivity index is 1.94. The van der Waals surface area contributed by atoms with Crippen molar-refractivity contribution in [1.29, 1.82) is 0 Å². The zero-order valence-corrected chi connectivity index (χ0v) is 11.9. The van der Waals surface area contributed by atoms with Gasteiger partial charge in [-0.15, -0.1) is 0 Å². The summed E-state index contributed by atoms with van der Waals surface area (Å²) in [5, 5.41) is 7.96. The van der Waals surface area contributed by atoms with Gasteiger partial charge in [0, 0.05) is 18.0 Å². The Morgan fingerprint density at radius 3 is 2.84 bits per heavy atom. The van der Waals surface area contributed by atoms with Gasteiger partial charge in [0.25, 0.3) is 0 Å². The number of aryl methyl sites for hydroxylation is 1. The second kappa shape index (κ2) is 6.68. The first-order valence-corrected chi connectivity index (χ1v) is 6.85. The largest absolute Gasteiger partial charge is 0.339 e. The van der Waals surface area contributed by atoms with E-state index in [0.29, 0.717) is 22.8 Å². The maximum Gasteiger partial charge on any atom is 0.227 e. The highest BCUT2D eigenvalue weighted by Crippen LogP contribution is 2.24. The molecule has 5 heteroatoms. The molecule has 0 aliphatic rings. The molecule has 2 rings (SSSR count). The van der Waals surface area contributed by atoms with Gasteiger partial charge >= 0.3 is 0 Å². The van der Waals surface area contributed by atoms with Crippen molar-refractivity contribution in [3.63, 3.8) is 0 Å². The Kier molecular flexibility index (Phi) is 4.93. The lowest BCUT2D eigenvalue weighted by Gasteiger charge is -2.05. The number of rotatable bonds is 6. The number of nitrogens with zero attached hydrogens (tertiary/aromatic N) is 2. The zero-order valence-electron chi connectivity index (χ0n) is 11.2. The molecule has 1 aromatic heterocycles. The second-order valence-electron chi connectivity index (χ2n) is 4.70. The molecule has 0 atom stereocenters. The number of nitrogens with one attached hydrogen (secondary N) is 1. The molecule has 0 saturated heterocycles. The van der Waals surface area contributed by atoms with Crippen molar-refractivity contribution in [1.82, 2.24) is 15.5 Å². The molecule has 102 valence electrons. The lowest BCUT2D eigenvalue weighted by Crippen LogP contribution is -2.23. The van der Waals surface area contributed by atoms with E-state index in [2.05, 4.69) is 29.3 Å². The van der Waals surface area contributed by atoms with Crippen molar-refractivity contribution in [2.45, 2.75) is 32.7 Å². The molecule has 0 radical (unpaired) electrons. The van der Waals surface area contributed by atoms with Crippen molar-refractivity contribution in [3.05, 3.63) is 35.2 Å². The quantitative estimate of drug-likeness (QED) is 0.824. The second-order valence-corrected chi connectivity index (χ2v) is 5.11. The van der Waals surface area contributed by atoms with Crippen LogP contribution in [0.5, 0.6) is 0 Å². The Bertz CT molecular complexity index is 525. The van der Waals surface area contributed by atoms with Gasteiger partial charge in [-0.05, 0) is 25.1 Å². The van der Waals surface area contributed by atoms with Crippen molar-refractivity contribution in [3.8, 4) is 11.4 Å². The van der Waals surface area contributed by atoms with Gasteiger partial charge in [0.05, 0.1) is 5.02 Å². The van der Waals surface area contributed by atoms with Crippen LogP contribution in [-0.2, 0) is 6.42 Å². The summed E-state index contributed by atoms with van der Waals surface area (Å²) in [5.74, 6) is 1.21. The molecule has 4 nitrogen and oxygen atoms in total. The molecule has 0 aliphatic heterocycles. The van der Waals surface area contributed by atoms with E-state index in [1.165, 1.54) is 0 Å². The molecule has 0 unspecified atom stereocenters. The highest BCUT2D eigenvalue weighted by molar-refractivity contribution is 6.33. The molecule has 0 fully saturated rings. The van der Waals surface area contributed by atoms with Crippen LogP contribution in [0.1, 0.15) is 26.2 Å². The predicted molar refractivity (Wildman–Crippen MR) is 76.2 cm³/mol. The summed E-state index contributed by atoms with van der Waals surface area (Å²) in [7, 11) is 0. The molecule has 0 aliphatic carbocycles. The van der Waals surface area contributed by atoms with Gasteiger partial charge in [-0.3, -0.25) is 0 Å². The third-order valence-corrected chi connectivity index (χ3v) is 3.03. The van der Waals surface area contributed by atoms with Gasteiger partial charge in [-0.2, -0.15) is 4.98 Å². The van der Waals surface area contributed by atoms with Crippen molar-refractivity contribution in [2.24, 2.45) is 0 Å². The molecule has 1 N–H and O–H groups in total. The molecule has 0 amide bonds. The van der Waals surface area contributed by atoms with Gasteiger partial charge in [0.2, 0.25) is 11.7 Å². The van der Waals surface area contributed by atoms with E-state index < -0.39 is 0 Å². The Morgan fingerprint density at radius 1 is 1.32 bits per heavy atom. The molecule has 19 heavy (non-hydrogen) atoms. The van der Waals surface area contributed by atoms with Crippen LogP contribution in [-0.4, -0.2) is 22.7 Å². The van der Waals surface area contributed by atoms with E-state index in [4.69, 9.17) is 16.1 Å². The fraction of sp³-hybridized carbons (Fsp3) is 0.429. The van der Waals surface area contributed by atoms with E-state index in [0.717, 1.165) is 24.9 Å². The fourth-order valence-corrected chi connectivity index (χ4v) is 1.96. The van der Waals surface area contributed by atoms with Crippen LogP contribution in [0.25, 0.3) is 11.4 Å². The summed E-state index contributed by atoms with van der Waals surface area (Å²) < 4.78 is 5.23. The Hall–Kier alpha value is -1.39. The van der Waals surface area contributed by atoms with Gasteiger partial charge in [-0.1, -0.05) is 42.7 Å². The molecule has 0 spiro atoms. The van der Waals surface area contributed by atoms with Gasteiger partial charge < -0.3 is 9.84 Å². The zero-order chi connectivity index (χ0) is 13.7. The van der Waals surface area contributed by atoms with Crippen LogP contribution < -0.4 is 5.32 Å². The maximum atomic E-state index is 6.10. The normalized spacial score (nSPS) is 11.2. The summed E-state index contributed by atoms with van der Waals surface area (Å²) in [5.41, 5.74) is 0.805. The Labute approximate surface area is 118 Å². The molecule has 1 aromatic carbocycles. The first-order valence-electron chi connectivity index (χ1n) is 6.47. The van der Waals surface area contributed by atoms with Crippen LogP contribution in [0, 0.1) is 0 Å². The lowest BCUT2D eigenvalue weighted by atomic mass is 10.2. The first-order chi connectivity index (χ1) is 9.16. The summed E-state index contributed by atoms with van der Waals surface area (Å²) in [4.78, 5) is 4.37. The summed E-state index contributed by atoms with van der Waals surface area (Å²) in [6, 6.07) is 7.99. The van der Waals surface area contributed by atoms with Crippen LogP contribution in [0.2, 0.25) is 5.02 Å². The summed E-state index contributed by atoms with van der Waals surface area (Å²) >= 11 is 6.10. The highest BCUT2D eigenvalue weighted by Gasteiger charge is 2.10. The van der Waals surface area contributed by atoms with E-state index in [9.17, 15) is 0 Å². The average molecular weight is 280 g/mol. The van der Waals surface area contributed by atoms with Crippen LogP contribution >= 0.6 is 11.6 Å². The van der Waals surface area contributed by atoms with E-state index in [-0.39, 0.29) is 0 Å². The maximum absolute atomic E-state index is 6.10. The first kappa shape index (κ1) is 14.0. The number of benzene rings is 1. The molecule has 1 heterocycles. The summed E-state index contributed by atoms with van der Waals surface area (Å²) in [6.45, 7) is 5.20. The molecular formula is C14H18ClN3O. The van der Waals surface area contributed by atoms with Crippen LogP contribution in [0.15, 0.2) is 28.8 Å². The molecule has 0 saturated carbocycles. The topological polar surface area (TPSA) is 51.0 Å². The minimum Gasteiger partial charge on any atom is -0.339 e. The van der Waals surface area contributed by atoms with Crippen LogP contribution in [0.4, 0.5) is 0 Å². The third-order valence-electron chi connectivity index (χ3n) is 2.70. The standard InChI is InChI=1S/C14H18ClN3O/c1-10(2)16-9-5-8-13-17-14(18-19-13)11-6-3-4-7-12(11)15/h3-4,6-7,10,16H,5,8-9H2,1-2H3. The minimum absolute atomic E-state index is 0.501. The predicted octanol–water partition coefficient (Wildman–Crippen LogP) is 3.32. The van der Waals surface area contributed by atoms with E-state index in [1.54, 1.807) is 0 Å². The smallest absolute Gasteiger partial charge is 0.227 e. The monoisotopic (exact) mass is 279 g/mol. The van der Waals surface area contributed by atoms with Crippen molar-refractivity contribution >= 4 is 11.6 Å². The molecule has 0 bridgehead atoms. The van der Waals surface area contributed by atoms with Crippen molar-refractivity contribution < 1.29 is 4.52 Å². The minimum atomic E-state index is 0.501. The average Bonchev–Trinajstić information content (AvgIpc) is 2.83. The number of hydrogen-bond donors (Lipinski definition) is 1. The third kappa shape index (κ3) is 4.04. The van der Waals surface area contributed by atoms with E-state index >= 15 is 0 Å². The molecular weight excluding hydrogens is 262 g/mol. The number of aromatic nitrogens is 2. The summed E-state index contributed by atoms with van der Waals surface area (Å²) in [6.07, 6.45) is 1.75. The van der Waals surface area contributed by atoms with Gasteiger partial charge in [-0.25, -0.2) is 0 Å². The van der Waals surface area contributed by atoms with Crippen molar-refractivity contribution in [2.75, 3.05) is 6.54 Å². The van der Waals surface area contributed by atoms with Crippen LogP contribution in [0.3, 0.4) is 0 Å². The SMILES string of the molecule is CC(C)NCCCc1nc(-c2ccccc2Cl)no1. The van der Waals surface area contributed by atoms with E-state index in [1.807, 2.05) is 24.3 Å². The number of hydrogen-bond acceptors (Lipinski definition) is 4. The Morgan fingerprint density at radius 2 is 2.11 bits per heavy atom.